The first-order valence-electron chi connectivity index (χ1n) is 8.91. The molecule has 1 aliphatic rings. The molecule has 1 saturated heterocycles. The van der Waals surface area contributed by atoms with Crippen LogP contribution in [0.5, 0.6) is 0 Å². The fourth-order valence-electron chi connectivity index (χ4n) is 3.16. The standard InChI is InChI=1S/C19H16ClF6N3O/c20-15-9-13(19(24,25)26)10-27-16(15)29-7-5-11(6-8-29)17(30)28-14-3-1-12(2-4-14)18(21,22)23/h1-4,9-11H,5-8H2,(H,28,30). The fourth-order valence-corrected chi connectivity index (χ4v) is 3.44. The molecule has 1 aromatic carbocycles. The van der Waals surface area contributed by atoms with E-state index in [9.17, 15) is 31.1 Å². The molecule has 1 aliphatic heterocycles. The SMILES string of the molecule is O=C(Nc1ccc(C(F)(F)F)cc1)C1CCN(c2ncc(C(F)(F)F)cc2Cl)CC1. The van der Waals surface area contributed by atoms with Crippen LogP contribution in [0.2, 0.25) is 5.02 Å². The molecule has 2 heterocycles. The Morgan fingerprint density at radius 3 is 2.07 bits per heavy atom. The molecule has 0 unspecified atom stereocenters. The number of benzene rings is 1. The lowest BCUT2D eigenvalue weighted by Crippen LogP contribution is -2.38. The van der Waals surface area contributed by atoms with E-state index < -0.39 is 29.4 Å². The van der Waals surface area contributed by atoms with E-state index >= 15 is 0 Å². The van der Waals surface area contributed by atoms with E-state index in [-0.39, 0.29) is 22.4 Å². The van der Waals surface area contributed by atoms with Crippen LogP contribution in [-0.2, 0) is 17.1 Å². The maximum atomic E-state index is 12.7. The fraction of sp³-hybridized carbons (Fsp3) is 0.368. The van der Waals surface area contributed by atoms with Crippen LogP contribution >= 0.6 is 11.6 Å². The van der Waals surface area contributed by atoms with Gasteiger partial charge in [-0.1, -0.05) is 11.6 Å². The third kappa shape index (κ3) is 5.16. The van der Waals surface area contributed by atoms with Crippen LogP contribution in [0.4, 0.5) is 37.8 Å². The smallest absolute Gasteiger partial charge is 0.355 e. The highest BCUT2D eigenvalue weighted by atomic mass is 35.5. The normalized spacial score (nSPS) is 15.9. The van der Waals surface area contributed by atoms with Gasteiger partial charge in [-0.2, -0.15) is 26.3 Å². The molecule has 1 N–H and O–H groups in total. The van der Waals surface area contributed by atoms with Crippen LogP contribution in [0.1, 0.15) is 24.0 Å². The molecule has 0 radical (unpaired) electrons. The van der Waals surface area contributed by atoms with Crippen molar-refractivity contribution in [1.82, 2.24) is 4.98 Å². The Balaban J connectivity index is 1.58. The Bertz CT molecular complexity index is 906. The highest BCUT2D eigenvalue weighted by Crippen LogP contribution is 2.35. The van der Waals surface area contributed by atoms with E-state index in [1.807, 2.05) is 0 Å². The van der Waals surface area contributed by atoms with Crippen molar-refractivity contribution in [1.29, 1.82) is 0 Å². The average molecular weight is 452 g/mol. The van der Waals surface area contributed by atoms with E-state index in [0.717, 1.165) is 18.2 Å². The summed E-state index contributed by atoms with van der Waals surface area (Å²) < 4.78 is 76.0. The van der Waals surface area contributed by atoms with Crippen molar-refractivity contribution >= 4 is 29.0 Å². The van der Waals surface area contributed by atoms with Crippen LogP contribution in [0.25, 0.3) is 0 Å². The minimum absolute atomic E-state index is 0.127. The van der Waals surface area contributed by atoms with Gasteiger partial charge < -0.3 is 10.2 Å². The molecule has 0 saturated carbocycles. The number of piperidine rings is 1. The number of anilines is 2. The van der Waals surface area contributed by atoms with Gasteiger partial charge in [0.25, 0.3) is 0 Å². The lowest BCUT2D eigenvalue weighted by molar-refractivity contribution is -0.138. The van der Waals surface area contributed by atoms with Gasteiger partial charge in [0.1, 0.15) is 5.82 Å². The predicted octanol–water partition coefficient (Wildman–Crippen LogP) is 5.63. The third-order valence-corrected chi connectivity index (χ3v) is 5.07. The Labute approximate surface area is 172 Å². The highest BCUT2D eigenvalue weighted by molar-refractivity contribution is 6.33. The van der Waals surface area contributed by atoms with Crippen LogP contribution < -0.4 is 10.2 Å². The lowest BCUT2D eigenvalue weighted by atomic mass is 9.95. The van der Waals surface area contributed by atoms with Crippen molar-refractivity contribution in [2.24, 2.45) is 5.92 Å². The van der Waals surface area contributed by atoms with Crippen LogP contribution in [0.15, 0.2) is 36.5 Å². The van der Waals surface area contributed by atoms with E-state index in [0.29, 0.717) is 32.1 Å². The molecule has 0 spiro atoms. The van der Waals surface area contributed by atoms with Gasteiger partial charge in [-0.15, -0.1) is 0 Å². The zero-order valence-corrected chi connectivity index (χ0v) is 16.1. The number of hydrogen-bond donors (Lipinski definition) is 1. The summed E-state index contributed by atoms with van der Waals surface area (Å²) in [4.78, 5) is 17.9. The molecule has 1 aromatic heterocycles. The zero-order chi connectivity index (χ0) is 22.1. The van der Waals surface area contributed by atoms with Gasteiger partial charge in [-0.25, -0.2) is 4.98 Å². The largest absolute Gasteiger partial charge is 0.417 e. The maximum absolute atomic E-state index is 12.7. The molecule has 30 heavy (non-hydrogen) atoms. The second-order valence-corrected chi connectivity index (χ2v) is 7.26. The number of pyridine rings is 1. The lowest BCUT2D eigenvalue weighted by Gasteiger charge is -2.32. The van der Waals surface area contributed by atoms with E-state index in [1.165, 1.54) is 12.1 Å². The Morgan fingerprint density at radius 2 is 1.57 bits per heavy atom. The zero-order valence-electron chi connectivity index (χ0n) is 15.3. The van der Waals surface area contributed by atoms with Crippen molar-refractivity contribution in [3.63, 3.8) is 0 Å². The predicted molar refractivity (Wildman–Crippen MR) is 99.3 cm³/mol. The summed E-state index contributed by atoms with van der Waals surface area (Å²) in [6, 6.07) is 4.95. The van der Waals surface area contributed by atoms with Crippen LogP contribution in [-0.4, -0.2) is 24.0 Å². The molecule has 0 atom stereocenters. The number of halogens is 7. The average Bonchev–Trinajstić information content (AvgIpc) is 2.67. The van der Waals surface area contributed by atoms with Crippen molar-refractivity contribution in [3.8, 4) is 0 Å². The second-order valence-electron chi connectivity index (χ2n) is 6.85. The minimum atomic E-state index is -4.54. The van der Waals surface area contributed by atoms with Crippen molar-refractivity contribution in [2.45, 2.75) is 25.2 Å². The number of amides is 1. The van der Waals surface area contributed by atoms with E-state index in [1.54, 1.807) is 4.90 Å². The second kappa shape index (κ2) is 8.33. The minimum Gasteiger partial charge on any atom is -0.355 e. The Kier molecular flexibility index (Phi) is 6.16. The van der Waals surface area contributed by atoms with Crippen molar-refractivity contribution in [2.75, 3.05) is 23.3 Å². The van der Waals surface area contributed by atoms with Gasteiger partial charge in [0.15, 0.2) is 0 Å². The number of carbonyl (C=O) groups excluding carboxylic acids is 1. The molecule has 0 bridgehead atoms. The summed E-state index contributed by atoms with van der Waals surface area (Å²) in [6.07, 6.45) is -7.50. The van der Waals surface area contributed by atoms with Crippen molar-refractivity contribution < 1.29 is 31.1 Å². The summed E-state index contributed by atoms with van der Waals surface area (Å²) >= 11 is 5.96. The molecule has 162 valence electrons. The number of alkyl halides is 6. The van der Waals surface area contributed by atoms with Gasteiger partial charge in [0.05, 0.1) is 16.1 Å². The van der Waals surface area contributed by atoms with Gasteiger partial charge in [-0.3, -0.25) is 4.79 Å². The number of nitrogens with zero attached hydrogens (tertiary/aromatic N) is 2. The molecule has 2 aromatic rings. The third-order valence-electron chi connectivity index (χ3n) is 4.79. The highest BCUT2D eigenvalue weighted by Gasteiger charge is 2.33. The summed E-state index contributed by atoms with van der Waals surface area (Å²) in [5, 5.41) is 2.46. The van der Waals surface area contributed by atoms with Crippen LogP contribution in [0, 0.1) is 5.92 Å². The van der Waals surface area contributed by atoms with E-state index in [4.69, 9.17) is 11.6 Å². The quantitative estimate of drug-likeness (QED) is 0.615. The molecule has 3 rings (SSSR count). The van der Waals surface area contributed by atoms with Crippen LogP contribution in [0.3, 0.4) is 0 Å². The summed E-state index contributed by atoms with van der Waals surface area (Å²) in [6.45, 7) is 0.701. The van der Waals surface area contributed by atoms with Gasteiger partial charge >= 0.3 is 12.4 Å². The first-order chi connectivity index (χ1) is 13.9. The van der Waals surface area contributed by atoms with Gasteiger partial charge in [0.2, 0.25) is 5.91 Å². The molecule has 0 aliphatic carbocycles. The molecule has 4 nitrogen and oxygen atoms in total. The number of aromatic nitrogens is 1. The molecular weight excluding hydrogens is 436 g/mol. The summed E-state index contributed by atoms with van der Waals surface area (Å²) in [7, 11) is 0. The van der Waals surface area contributed by atoms with Gasteiger partial charge in [-0.05, 0) is 43.2 Å². The number of hydrogen-bond acceptors (Lipinski definition) is 3. The topological polar surface area (TPSA) is 45.2 Å². The molecule has 11 heteroatoms. The van der Waals surface area contributed by atoms with E-state index in [2.05, 4.69) is 10.3 Å². The Morgan fingerprint density at radius 1 is 1.00 bits per heavy atom. The first-order valence-corrected chi connectivity index (χ1v) is 9.29. The molecular formula is C19H16ClF6N3O. The molecule has 1 fully saturated rings. The first kappa shape index (κ1) is 22.2. The summed E-state index contributed by atoms with van der Waals surface area (Å²) in [5.41, 5.74) is -1.50. The Hall–Kier alpha value is -2.49. The summed E-state index contributed by atoms with van der Waals surface area (Å²) in [5.74, 6) is -0.510. The van der Waals surface area contributed by atoms with Gasteiger partial charge in [0, 0.05) is 30.9 Å². The number of rotatable bonds is 3. The monoisotopic (exact) mass is 451 g/mol. The molecule has 1 amide bonds. The van der Waals surface area contributed by atoms with Crippen molar-refractivity contribution in [3.05, 3.63) is 52.7 Å². The number of carbonyl (C=O) groups is 1. The number of nitrogens with one attached hydrogen (secondary N) is 1. The maximum Gasteiger partial charge on any atom is 0.417 e.